The molecule has 0 saturated heterocycles. The zero-order chi connectivity index (χ0) is 13.1. The van der Waals surface area contributed by atoms with E-state index in [0.29, 0.717) is 5.70 Å². The maximum absolute atomic E-state index is 8.79. The number of nitrogens with two attached hydrogens (primary N) is 1. The fourth-order valence-electron chi connectivity index (χ4n) is 1.48. The predicted molar refractivity (Wildman–Crippen MR) is 72.1 cm³/mol. The van der Waals surface area contributed by atoms with Gasteiger partial charge in [0.05, 0.1) is 12.3 Å². The fourth-order valence-corrected chi connectivity index (χ4v) is 1.48. The predicted octanol–water partition coefficient (Wildman–Crippen LogP) is 2.30. The molecule has 0 saturated carbocycles. The lowest BCUT2D eigenvalue weighted by Crippen LogP contribution is -2.12. The molecule has 3 heteroatoms. The van der Waals surface area contributed by atoms with Crippen molar-refractivity contribution in [2.75, 3.05) is 6.61 Å². The van der Waals surface area contributed by atoms with Crippen molar-refractivity contribution in [1.29, 1.82) is 5.41 Å². The minimum atomic E-state index is -0.292. The van der Waals surface area contributed by atoms with Crippen LogP contribution in [0.3, 0.4) is 0 Å². The largest absolute Gasteiger partial charge is 0.398 e. The Hall–Kier alpha value is -1.61. The van der Waals surface area contributed by atoms with Crippen LogP contribution >= 0.6 is 0 Å². The summed E-state index contributed by atoms with van der Waals surface area (Å²) in [5.41, 5.74) is 8.67. The van der Waals surface area contributed by atoms with Gasteiger partial charge in [0.2, 0.25) is 0 Å². The summed E-state index contributed by atoms with van der Waals surface area (Å²) in [5, 5.41) is 16.2. The Kier molecular flexibility index (Phi) is 4.07. The first-order chi connectivity index (χ1) is 7.84. The number of benzene rings is 1. The van der Waals surface area contributed by atoms with Crippen LogP contribution in [0.1, 0.15) is 31.9 Å². The summed E-state index contributed by atoms with van der Waals surface area (Å²) in [7, 11) is 0. The number of nitrogens with one attached hydrogen (secondary N) is 1. The Labute approximate surface area is 102 Å². The molecule has 0 aliphatic carbocycles. The standard InChI is InChI=1S/C14H20N2O/c1-14(2,3)11-6-4-5-10(7-11)13(16)8-12(15)9-17/h4-8,15,17H,9,16H2,1-3H3/b13-8-,15-12?. The fraction of sp³-hybridized carbons (Fsp3) is 0.357. The summed E-state index contributed by atoms with van der Waals surface area (Å²) in [6, 6.07) is 7.95. The van der Waals surface area contributed by atoms with Gasteiger partial charge in [0.15, 0.2) is 0 Å². The van der Waals surface area contributed by atoms with E-state index in [1.54, 1.807) is 0 Å². The van der Waals surface area contributed by atoms with Gasteiger partial charge in [-0.05, 0) is 28.7 Å². The van der Waals surface area contributed by atoms with Crippen LogP contribution in [-0.2, 0) is 5.41 Å². The molecule has 1 aromatic rings. The molecule has 0 bridgehead atoms. The molecular weight excluding hydrogens is 212 g/mol. The van der Waals surface area contributed by atoms with Crippen molar-refractivity contribution in [3.05, 3.63) is 41.5 Å². The molecule has 1 rings (SSSR count). The Morgan fingerprint density at radius 3 is 2.59 bits per heavy atom. The van der Waals surface area contributed by atoms with Gasteiger partial charge in [-0.3, -0.25) is 0 Å². The van der Waals surface area contributed by atoms with Gasteiger partial charge in [-0.15, -0.1) is 0 Å². The number of rotatable bonds is 3. The van der Waals surface area contributed by atoms with Gasteiger partial charge in [0, 0.05) is 5.70 Å². The van der Waals surface area contributed by atoms with Crippen molar-refractivity contribution < 1.29 is 5.11 Å². The SMILES string of the molecule is CC(C)(C)c1cccc(/C(N)=C/C(=N)CO)c1. The van der Waals surface area contributed by atoms with E-state index in [-0.39, 0.29) is 17.7 Å². The van der Waals surface area contributed by atoms with E-state index in [2.05, 4.69) is 26.8 Å². The van der Waals surface area contributed by atoms with Crippen LogP contribution in [0.5, 0.6) is 0 Å². The van der Waals surface area contributed by atoms with Crippen molar-refractivity contribution in [2.24, 2.45) is 5.73 Å². The summed E-state index contributed by atoms with van der Waals surface area (Å²) < 4.78 is 0. The van der Waals surface area contributed by atoms with Gasteiger partial charge in [-0.25, -0.2) is 0 Å². The molecule has 0 aliphatic rings. The van der Waals surface area contributed by atoms with E-state index in [1.807, 2.05) is 18.2 Å². The summed E-state index contributed by atoms with van der Waals surface area (Å²) in [6.45, 7) is 6.13. The summed E-state index contributed by atoms with van der Waals surface area (Å²) in [5.74, 6) is 0. The first-order valence-electron chi connectivity index (χ1n) is 5.61. The van der Waals surface area contributed by atoms with Gasteiger partial charge in [0.25, 0.3) is 0 Å². The van der Waals surface area contributed by atoms with E-state index in [0.717, 1.165) is 5.56 Å². The van der Waals surface area contributed by atoms with Crippen LogP contribution in [0.4, 0.5) is 0 Å². The van der Waals surface area contributed by atoms with Gasteiger partial charge in [-0.2, -0.15) is 0 Å². The topological polar surface area (TPSA) is 70.1 Å². The van der Waals surface area contributed by atoms with Gasteiger partial charge < -0.3 is 16.2 Å². The molecule has 0 heterocycles. The van der Waals surface area contributed by atoms with E-state index < -0.39 is 0 Å². The van der Waals surface area contributed by atoms with Gasteiger partial charge >= 0.3 is 0 Å². The summed E-state index contributed by atoms with van der Waals surface area (Å²) >= 11 is 0. The molecule has 0 aromatic heterocycles. The molecule has 1 aromatic carbocycles. The van der Waals surface area contributed by atoms with Crippen molar-refractivity contribution in [3.8, 4) is 0 Å². The van der Waals surface area contributed by atoms with Gasteiger partial charge in [-0.1, -0.05) is 39.0 Å². The second-order valence-electron chi connectivity index (χ2n) is 5.11. The van der Waals surface area contributed by atoms with Crippen LogP contribution < -0.4 is 5.73 Å². The minimum Gasteiger partial charge on any atom is -0.398 e. The molecule has 17 heavy (non-hydrogen) atoms. The number of aliphatic hydroxyl groups excluding tert-OH is 1. The third-order valence-corrected chi connectivity index (χ3v) is 2.56. The molecule has 0 unspecified atom stereocenters. The smallest absolute Gasteiger partial charge is 0.0846 e. The minimum absolute atomic E-state index is 0.0702. The van der Waals surface area contributed by atoms with Gasteiger partial charge in [0.1, 0.15) is 0 Å². The highest BCUT2D eigenvalue weighted by atomic mass is 16.3. The third-order valence-electron chi connectivity index (χ3n) is 2.56. The first-order valence-corrected chi connectivity index (χ1v) is 5.61. The van der Waals surface area contributed by atoms with Crippen LogP contribution in [0.15, 0.2) is 30.3 Å². The quantitative estimate of drug-likeness (QED) is 0.700. The maximum Gasteiger partial charge on any atom is 0.0846 e. The average molecular weight is 232 g/mol. The lowest BCUT2D eigenvalue weighted by molar-refractivity contribution is 0.357. The zero-order valence-corrected chi connectivity index (χ0v) is 10.6. The van der Waals surface area contributed by atoms with Crippen LogP contribution in [0, 0.1) is 5.41 Å². The van der Waals surface area contributed by atoms with E-state index in [1.165, 1.54) is 11.6 Å². The highest BCUT2D eigenvalue weighted by Crippen LogP contribution is 2.24. The summed E-state index contributed by atoms with van der Waals surface area (Å²) in [6.07, 6.45) is 1.49. The lowest BCUT2D eigenvalue weighted by Gasteiger charge is -2.19. The number of hydrogen-bond acceptors (Lipinski definition) is 3. The third kappa shape index (κ3) is 3.71. The van der Waals surface area contributed by atoms with E-state index >= 15 is 0 Å². The van der Waals surface area contributed by atoms with Crippen molar-refractivity contribution in [2.45, 2.75) is 26.2 Å². The molecule has 0 aliphatic heterocycles. The highest BCUT2D eigenvalue weighted by Gasteiger charge is 2.13. The van der Waals surface area contributed by atoms with Crippen LogP contribution in [0.25, 0.3) is 5.70 Å². The second kappa shape index (κ2) is 5.15. The normalized spacial score (nSPS) is 12.6. The Morgan fingerprint density at radius 2 is 2.06 bits per heavy atom. The highest BCUT2D eigenvalue weighted by molar-refractivity contribution is 5.98. The molecule has 92 valence electrons. The zero-order valence-electron chi connectivity index (χ0n) is 10.6. The molecule has 0 amide bonds. The van der Waals surface area contributed by atoms with E-state index in [4.69, 9.17) is 16.2 Å². The Balaban J connectivity index is 3.08. The molecule has 0 spiro atoms. The molecule has 0 radical (unpaired) electrons. The lowest BCUT2D eigenvalue weighted by atomic mass is 9.86. The monoisotopic (exact) mass is 232 g/mol. The van der Waals surface area contributed by atoms with Crippen molar-refractivity contribution >= 4 is 11.4 Å². The second-order valence-corrected chi connectivity index (χ2v) is 5.11. The molecular formula is C14H20N2O. The average Bonchev–Trinajstić information content (AvgIpc) is 2.28. The van der Waals surface area contributed by atoms with Crippen molar-refractivity contribution in [1.82, 2.24) is 0 Å². The van der Waals surface area contributed by atoms with Crippen LogP contribution in [-0.4, -0.2) is 17.4 Å². The number of aliphatic hydroxyl groups is 1. The first kappa shape index (κ1) is 13.5. The maximum atomic E-state index is 8.79. The Bertz CT molecular complexity index is 442. The molecule has 4 N–H and O–H groups in total. The number of hydrogen-bond donors (Lipinski definition) is 3. The molecule has 3 nitrogen and oxygen atoms in total. The van der Waals surface area contributed by atoms with Crippen LogP contribution in [0.2, 0.25) is 0 Å². The van der Waals surface area contributed by atoms with Crippen molar-refractivity contribution in [3.63, 3.8) is 0 Å². The van der Waals surface area contributed by atoms with E-state index in [9.17, 15) is 0 Å². The summed E-state index contributed by atoms with van der Waals surface area (Å²) in [4.78, 5) is 0. The molecule has 0 atom stereocenters. The Morgan fingerprint density at radius 1 is 1.41 bits per heavy atom. The molecule has 0 fully saturated rings.